The van der Waals surface area contributed by atoms with Crippen LogP contribution in [0.1, 0.15) is 11.5 Å². The van der Waals surface area contributed by atoms with Gasteiger partial charge in [0.05, 0.1) is 4.90 Å². The number of benzene rings is 3. The van der Waals surface area contributed by atoms with Crippen molar-refractivity contribution in [2.75, 3.05) is 6.26 Å². The summed E-state index contributed by atoms with van der Waals surface area (Å²) in [7, 11) is -3.35. The first kappa shape index (κ1) is 20.0. The van der Waals surface area contributed by atoms with Gasteiger partial charge in [0.1, 0.15) is 5.69 Å². The van der Waals surface area contributed by atoms with Gasteiger partial charge >= 0.3 is 0 Å². The largest absolute Gasteiger partial charge is 0.440 e. The highest BCUT2D eigenvalue weighted by atomic mass is 32.2. The van der Waals surface area contributed by atoms with Crippen molar-refractivity contribution in [3.8, 4) is 22.6 Å². The van der Waals surface area contributed by atoms with Gasteiger partial charge in [0, 0.05) is 23.8 Å². The topological polar surface area (TPSA) is 60.2 Å². The Kier molecular flexibility index (Phi) is 5.22. The van der Waals surface area contributed by atoms with Gasteiger partial charge in [-0.1, -0.05) is 30.3 Å². The molecule has 3 aromatic carbocycles. The lowest BCUT2D eigenvalue weighted by atomic mass is 10.1. The number of sulfone groups is 1. The summed E-state index contributed by atoms with van der Waals surface area (Å²) < 4.78 is 56.7. The fourth-order valence-electron chi connectivity index (χ4n) is 3.10. The van der Waals surface area contributed by atoms with Crippen molar-refractivity contribution in [3.63, 3.8) is 0 Å². The lowest BCUT2D eigenvalue weighted by Gasteiger charge is -2.04. The highest BCUT2D eigenvalue weighted by Gasteiger charge is 2.19. The Hall–Kier alpha value is -3.32. The van der Waals surface area contributed by atoms with Gasteiger partial charge in [-0.05, 0) is 48.0 Å². The van der Waals surface area contributed by atoms with E-state index in [1.807, 2.05) is 30.3 Å². The molecule has 0 bridgehead atoms. The Morgan fingerprint density at radius 2 is 1.53 bits per heavy atom. The number of aromatic nitrogens is 1. The fourth-order valence-corrected chi connectivity index (χ4v) is 3.73. The number of hydrogen-bond acceptors (Lipinski definition) is 4. The molecule has 7 heteroatoms. The first-order valence-electron chi connectivity index (χ1n) is 9.11. The van der Waals surface area contributed by atoms with Gasteiger partial charge in [0.2, 0.25) is 0 Å². The van der Waals surface area contributed by atoms with Crippen LogP contribution in [0.15, 0.2) is 82.1 Å². The summed E-state index contributed by atoms with van der Waals surface area (Å²) in [5.41, 5.74) is 2.27. The maximum atomic E-state index is 13.8. The number of rotatable bonds is 5. The van der Waals surface area contributed by atoms with E-state index >= 15 is 0 Å². The Morgan fingerprint density at radius 1 is 0.867 bits per heavy atom. The van der Waals surface area contributed by atoms with Crippen LogP contribution in [0.2, 0.25) is 0 Å². The van der Waals surface area contributed by atoms with Crippen molar-refractivity contribution in [3.05, 3.63) is 95.9 Å². The van der Waals surface area contributed by atoms with E-state index in [-0.39, 0.29) is 4.90 Å². The highest BCUT2D eigenvalue weighted by Crippen LogP contribution is 2.34. The second kappa shape index (κ2) is 7.84. The van der Waals surface area contributed by atoms with Crippen LogP contribution in [0.5, 0.6) is 0 Å². The number of hydrogen-bond donors (Lipinski definition) is 0. The Labute approximate surface area is 172 Å². The third kappa shape index (κ3) is 4.16. The van der Waals surface area contributed by atoms with Crippen LogP contribution in [0.25, 0.3) is 22.6 Å². The van der Waals surface area contributed by atoms with Gasteiger partial charge in [0.25, 0.3) is 0 Å². The summed E-state index contributed by atoms with van der Waals surface area (Å²) in [4.78, 5) is 4.69. The number of halogens is 2. The molecule has 0 aliphatic heterocycles. The monoisotopic (exact) mass is 425 g/mol. The molecule has 0 saturated carbocycles. The molecule has 0 N–H and O–H groups in total. The summed E-state index contributed by atoms with van der Waals surface area (Å²) >= 11 is 0. The predicted molar refractivity (Wildman–Crippen MR) is 110 cm³/mol. The van der Waals surface area contributed by atoms with Crippen LogP contribution >= 0.6 is 0 Å². The van der Waals surface area contributed by atoms with Crippen LogP contribution in [-0.4, -0.2) is 19.7 Å². The third-order valence-electron chi connectivity index (χ3n) is 4.61. The van der Waals surface area contributed by atoms with E-state index in [1.54, 1.807) is 12.1 Å². The molecule has 4 rings (SSSR count). The normalized spacial score (nSPS) is 11.6. The van der Waals surface area contributed by atoms with Crippen molar-refractivity contribution in [1.29, 1.82) is 0 Å². The second-order valence-corrected chi connectivity index (χ2v) is 8.89. The Morgan fingerprint density at radius 3 is 2.17 bits per heavy atom. The van der Waals surface area contributed by atoms with Crippen molar-refractivity contribution in [2.45, 2.75) is 11.3 Å². The molecule has 0 aliphatic rings. The van der Waals surface area contributed by atoms with E-state index in [2.05, 4.69) is 4.98 Å². The van der Waals surface area contributed by atoms with E-state index in [1.165, 1.54) is 18.2 Å². The van der Waals surface area contributed by atoms with Crippen LogP contribution in [0.4, 0.5) is 8.78 Å². The molecule has 30 heavy (non-hydrogen) atoms. The third-order valence-corrected chi connectivity index (χ3v) is 5.74. The maximum Gasteiger partial charge on any atom is 0.199 e. The molecule has 4 aromatic rings. The molecular weight excluding hydrogens is 408 g/mol. The molecule has 0 saturated heterocycles. The zero-order chi connectivity index (χ0) is 21.3. The quantitative estimate of drug-likeness (QED) is 0.436. The van der Waals surface area contributed by atoms with Crippen molar-refractivity contribution >= 4 is 9.84 Å². The molecule has 1 heterocycles. The van der Waals surface area contributed by atoms with Crippen molar-refractivity contribution < 1.29 is 21.6 Å². The number of oxazole rings is 1. The first-order valence-corrected chi connectivity index (χ1v) is 11.0. The SMILES string of the molecule is CS(=O)(=O)c1ccc(-c2oc(Cc3ccccc3)nc2-c2ccc(F)c(F)c2)cc1. The molecule has 1 aromatic heterocycles. The van der Waals surface area contributed by atoms with Gasteiger partial charge in [0.15, 0.2) is 33.1 Å². The summed E-state index contributed by atoms with van der Waals surface area (Å²) in [5, 5.41) is 0. The average molecular weight is 425 g/mol. The number of nitrogens with zero attached hydrogens (tertiary/aromatic N) is 1. The molecule has 4 nitrogen and oxygen atoms in total. The molecule has 0 aliphatic carbocycles. The molecular formula is C23H17F2NO3S. The predicted octanol–water partition coefficient (Wildman–Crippen LogP) is 5.28. The van der Waals surface area contributed by atoms with E-state index < -0.39 is 21.5 Å². The molecule has 0 unspecified atom stereocenters. The minimum Gasteiger partial charge on any atom is -0.440 e. The molecule has 0 fully saturated rings. The van der Waals surface area contributed by atoms with E-state index in [9.17, 15) is 17.2 Å². The molecule has 0 amide bonds. The van der Waals surface area contributed by atoms with Gasteiger partial charge < -0.3 is 4.42 Å². The van der Waals surface area contributed by atoms with E-state index in [0.717, 1.165) is 24.0 Å². The van der Waals surface area contributed by atoms with Gasteiger partial charge in [-0.2, -0.15) is 0 Å². The second-order valence-electron chi connectivity index (χ2n) is 6.87. The average Bonchev–Trinajstić information content (AvgIpc) is 3.14. The van der Waals surface area contributed by atoms with Crippen molar-refractivity contribution in [2.24, 2.45) is 0 Å². The standard InChI is InChI=1S/C23H17F2NO3S/c1-30(27,28)18-10-7-16(8-11-18)23-22(17-9-12-19(24)20(25)14-17)26-21(29-23)13-15-5-3-2-4-6-15/h2-12,14H,13H2,1H3. The minimum absolute atomic E-state index is 0.171. The van der Waals surface area contributed by atoms with Gasteiger partial charge in [-0.15, -0.1) is 0 Å². The van der Waals surface area contributed by atoms with Crippen molar-refractivity contribution in [1.82, 2.24) is 4.98 Å². The van der Waals surface area contributed by atoms with Crippen LogP contribution < -0.4 is 0 Å². The van der Waals surface area contributed by atoms with Crippen LogP contribution in [0.3, 0.4) is 0 Å². The maximum absolute atomic E-state index is 13.8. The van der Waals surface area contributed by atoms with Gasteiger partial charge in [-0.3, -0.25) is 0 Å². The van der Waals surface area contributed by atoms with Gasteiger partial charge in [-0.25, -0.2) is 22.2 Å². The molecule has 0 radical (unpaired) electrons. The fraction of sp³-hybridized carbons (Fsp3) is 0.0870. The Bertz CT molecular complexity index is 1300. The summed E-state index contributed by atoms with van der Waals surface area (Å²) in [6, 6.07) is 19.2. The van der Waals surface area contributed by atoms with E-state index in [4.69, 9.17) is 4.42 Å². The zero-order valence-corrected chi connectivity index (χ0v) is 16.8. The van der Waals surface area contributed by atoms with Crippen LogP contribution in [-0.2, 0) is 16.3 Å². The summed E-state index contributed by atoms with van der Waals surface area (Å²) in [6.07, 6.45) is 1.54. The first-order chi connectivity index (χ1) is 14.3. The molecule has 0 spiro atoms. The smallest absolute Gasteiger partial charge is 0.199 e. The molecule has 0 atom stereocenters. The highest BCUT2D eigenvalue weighted by molar-refractivity contribution is 7.90. The zero-order valence-electron chi connectivity index (χ0n) is 16.0. The lowest BCUT2D eigenvalue weighted by Crippen LogP contribution is -1.96. The summed E-state index contributed by atoms with van der Waals surface area (Å²) in [5.74, 6) is -1.18. The minimum atomic E-state index is -3.35. The Balaban J connectivity index is 1.81. The van der Waals surface area contributed by atoms with Crippen LogP contribution in [0, 0.1) is 11.6 Å². The van der Waals surface area contributed by atoms with E-state index in [0.29, 0.717) is 34.9 Å². The molecule has 152 valence electrons. The summed E-state index contributed by atoms with van der Waals surface area (Å²) in [6.45, 7) is 0. The lowest BCUT2D eigenvalue weighted by molar-refractivity contribution is 0.509.